The van der Waals surface area contributed by atoms with Crippen LogP contribution in [0, 0.1) is 0 Å². The number of hydrogen-bond donors (Lipinski definition) is 0. The van der Waals surface area contributed by atoms with Crippen LogP contribution in [0.5, 0.6) is 5.75 Å². The molecule has 30 heavy (non-hydrogen) atoms. The van der Waals surface area contributed by atoms with Gasteiger partial charge in [-0.1, -0.05) is 19.1 Å². The zero-order valence-corrected chi connectivity index (χ0v) is 18.8. The molecule has 1 aliphatic heterocycles. The zero-order valence-electron chi connectivity index (χ0n) is 18.8. The molecule has 0 radical (unpaired) electrons. The molecule has 0 bridgehead atoms. The fourth-order valence-corrected chi connectivity index (χ4v) is 4.04. The molecule has 0 N–H and O–H groups in total. The highest BCUT2D eigenvalue weighted by molar-refractivity contribution is 5.76. The fourth-order valence-electron chi connectivity index (χ4n) is 4.04. The van der Waals surface area contributed by atoms with Gasteiger partial charge in [-0.25, -0.2) is 4.98 Å². The summed E-state index contributed by atoms with van der Waals surface area (Å²) in [6.07, 6.45) is 3.52. The van der Waals surface area contributed by atoms with E-state index >= 15 is 0 Å². The molecule has 3 rings (SSSR count). The summed E-state index contributed by atoms with van der Waals surface area (Å²) in [4.78, 5) is 25.1. The van der Waals surface area contributed by atoms with Gasteiger partial charge in [0, 0.05) is 38.2 Å². The summed E-state index contributed by atoms with van der Waals surface area (Å²) in [6, 6.07) is 10.5. The Morgan fingerprint density at radius 1 is 1.23 bits per heavy atom. The summed E-state index contributed by atoms with van der Waals surface area (Å²) in [5.41, 5.74) is 1.17. The third kappa shape index (κ3) is 5.49. The van der Waals surface area contributed by atoms with Crippen molar-refractivity contribution in [1.82, 2.24) is 9.97 Å². The van der Waals surface area contributed by atoms with Crippen molar-refractivity contribution in [2.45, 2.75) is 65.5 Å². The third-order valence-corrected chi connectivity index (χ3v) is 5.66. The second-order valence-corrected chi connectivity index (χ2v) is 8.45. The maximum atomic E-state index is 11.3. The lowest BCUT2D eigenvalue weighted by Crippen LogP contribution is -2.32. The van der Waals surface area contributed by atoms with E-state index in [1.54, 1.807) is 6.92 Å². The Balaban J connectivity index is 1.60. The van der Waals surface area contributed by atoms with Crippen LogP contribution in [0.25, 0.3) is 0 Å². The number of ether oxygens (including phenoxy) is 1. The molecule has 6 heteroatoms. The molecule has 6 nitrogen and oxygen atoms in total. The van der Waals surface area contributed by atoms with E-state index in [9.17, 15) is 4.79 Å². The quantitative estimate of drug-likeness (QED) is 0.609. The molecule has 1 aliphatic rings. The van der Waals surface area contributed by atoms with E-state index < -0.39 is 0 Å². The van der Waals surface area contributed by atoms with Gasteiger partial charge in [0.1, 0.15) is 23.5 Å². The molecule has 0 saturated carbocycles. The lowest BCUT2D eigenvalue weighted by Gasteiger charge is -2.26. The van der Waals surface area contributed by atoms with E-state index in [0.717, 1.165) is 43.6 Å². The van der Waals surface area contributed by atoms with E-state index in [4.69, 9.17) is 9.72 Å². The number of benzene rings is 1. The van der Waals surface area contributed by atoms with E-state index in [1.165, 1.54) is 5.56 Å². The molecule has 0 unspecified atom stereocenters. The molecular formula is C24H34N4O2. The monoisotopic (exact) mass is 410 g/mol. The minimum atomic E-state index is 0.135. The maximum Gasteiger partial charge on any atom is 0.227 e. The van der Waals surface area contributed by atoms with Crippen LogP contribution >= 0.6 is 0 Å². The lowest BCUT2D eigenvalue weighted by molar-refractivity contribution is -0.117. The number of rotatable bonds is 9. The topological polar surface area (TPSA) is 58.6 Å². The molecule has 1 saturated heterocycles. The van der Waals surface area contributed by atoms with Crippen molar-refractivity contribution < 1.29 is 9.53 Å². The number of nitrogens with zero attached hydrogens (tertiary/aromatic N) is 4. The van der Waals surface area contributed by atoms with Crippen molar-refractivity contribution in [2.75, 3.05) is 29.4 Å². The van der Waals surface area contributed by atoms with Crippen LogP contribution in [-0.2, 0) is 4.79 Å². The lowest BCUT2D eigenvalue weighted by atomic mass is 9.96. The number of ketones is 1. The number of anilines is 2. The summed E-state index contributed by atoms with van der Waals surface area (Å²) < 4.78 is 6.22. The zero-order chi connectivity index (χ0) is 21.7. The van der Waals surface area contributed by atoms with Gasteiger partial charge < -0.3 is 19.3 Å². The first kappa shape index (κ1) is 22.1. The first-order valence-electron chi connectivity index (χ1n) is 11.0. The number of hydrogen-bond acceptors (Lipinski definition) is 6. The van der Waals surface area contributed by atoms with Crippen LogP contribution in [0.1, 0.15) is 58.9 Å². The van der Waals surface area contributed by atoms with Gasteiger partial charge in [0.15, 0.2) is 0 Å². The smallest absolute Gasteiger partial charge is 0.227 e. The number of carbonyl (C=O) groups is 1. The first-order valence-corrected chi connectivity index (χ1v) is 11.0. The van der Waals surface area contributed by atoms with Crippen LogP contribution in [-0.4, -0.2) is 47.5 Å². The number of Topliss-reactive ketones (excluding diaryl/α,β-unsaturated/α-hetero) is 1. The van der Waals surface area contributed by atoms with Gasteiger partial charge in [-0.2, -0.15) is 4.98 Å². The number of carbonyl (C=O) groups excluding carboxylic acids is 1. The predicted octanol–water partition coefficient (Wildman–Crippen LogP) is 4.45. The molecule has 1 aromatic carbocycles. The van der Waals surface area contributed by atoms with Crippen molar-refractivity contribution >= 4 is 17.5 Å². The standard InChI is InChI=1S/C24H34N4O2/c1-6-28(17(2)3)24-25-13-11-23(26-24)27-14-12-22(16-27)30-21-9-7-20(8-10-21)18(4)15-19(5)29/h7-11,13,17-18,22H,6,12,14-16H2,1-5H3/t18-,22-/m1/s1. The number of aromatic nitrogens is 2. The largest absolute Gasteiger partial charge is 0.489 e. The molecule has 2 aromatic rings. The van der Waals surface area contributed by atoms with E-state index in [0.29, 0.717) is 12.5 Å². The van der Waals surface area contributed by atoms with Gasteiger partial charge >= 0.3 is 0 Å². The molecule has 1 aromatic heterocycles. The summed E-state index contributed by atoms with van der Waals surface area (Å²) in [7, 11) is 0. The fraction of sp³-hybridized carbons (Fsp3) is 0.542. The van der Waals surface area contributed by atoms with Crippen LogP contribution in [0.4, 0.5) is 11.8 Å². The van der Waals surface area contributed by atoms with Gasteiger partial charge in [-0.3, -0.25) is 0 Å². The summed E-state index contributed by atoms with van der Waals surface area (Å²) >= 11 is 0. The van der Waals surface area contributed by atoms with E-state index in [2.05, 4.69) is 54.6 Å². The highest BCUT2D eigenvalue weighted by Crippen LogP contribution is 2.26. The summed E-state index contributed by atoms with van der Waals surface area (Å²) in [6.45, 7) is 12.8. The van der Waals surface area contributed by atoms with Crippen molar-refractivity contribution in [1.29, 1.82) is 0 Å². The van der Waals surface area contributed by atoms with Gasteiger partial charge in [0.25, 0.3) is 0 Å². The van der Waals surface area contributed by atoms with E-state index in [-0.39, 0.29) is 17.8 Å². The summed E-state index contributed by atoms with van der Waals surface area (Å²) in [5, 5.41) is 0. The third-order valence-electron chi connectivity index (χ3n) is 5.66. The molecule has 2 atom stereocenters. The van der Waals surface area contributed by atoms with Crippen molar-refractivity contribution in [3.05, 3.63) is 42.1 Å². The van der Waals surface area contributed by atoms with Gasteiger partial charge in [0.05, 0.1) is 6.54 Å². The van der Waals surface area contributed by atoms with Crippen LogP contribution in [0.15, 0.2) is 36.5 Å². The van der Waals surface area contributed by atoms with Gasteiger partial charge in [0.2, 0.25) is 5.95 Å². The highest BCUT2D eigenvalue weighted by atomic mass is 16.5. The van der Waals surface area contributed by atoms with Crippen molar-refractivity contribution in [3.8, 4) is 5.75 Å². The maximum absolute atomic E-state index is 11.3. The Bertz CT molecular complexity index is 837. The molecule has 162 valence electrons. The Morgan fingerprint density at radius 3 is 2.60 bits per heavy atom. The molecular weight excluding hydrogens is 376 g/mol. The van der Waals surface area contributed by atoms with Crippen LogP contribution in [0.2, 0.25) is 0 Å². The minimum Gasteiger partial charge on any atom is -0.489 e. The second-order valence-electron chi connectivity index (χ2n) is 8.45. The van der Waals surface area contributed by atoms with Crippen LogP contribution in [0.3, 0.4) is 0 Å². The van der Waals surface area contributed by atoms with Crippen molar-refractivity contribution in [3.63, 3.8) is 0 Å². The van der Waals surface area contributed by atoms with E-state index in [1.807, 2.05) is 24.4 Å². The average Bonchev–Trinajstić information content (AvgIpc) is 3.17. The van der Waals surface area contributed by atoms with Crippen molar-refractivity contribution in [2.24, 2.45) is 0 Å². The molecule has 0 spiro atoms. The Morgan fingerprint density at radius 2 is 1.97 bits per heavy atom. The van der Waals surface area contributed by atoms with Gasteiger partial charge in [-0.15, -0.1) is 0 Å². The Kier molecular flexibility index (Phi) is 7.29. The SMILES string of the molecule is CCN(c1nccc(N2CC[C@@H](Oc3ccc([C@H](C)CC(C)=O)cc3)C2)n1)C(C)C. The first-order chi connectivity index (χ1) is 14.4. The Labute approximate surface area is 180 Å². The minimum absolute atomic E-state index is 0.135. The van der Waals surface area contributed by atoms with Gasteiger partial charge in [-0.05, 0) is 57.4 Å². The molecule has 1 fully saturated rings. The summed E-state index contributed by atoms with van der Waals surface area (Å²) in [5.74, 6) is 3.07. The second kappa shape index (κ2) is 9.92. The average molecular weight is 411 g/mol. The Hall–Kier alpha value is -2.63. The molecule has 0 aliphatic carbocycles. The molecule has 2 heterocycles. The molecule has 0 amide bonds. The highest BCUT2D eigenvalue weighted by Gasteiger charge is 2.26. The normalized spacial score (nSPS) is 17.3. The van der Waals surface area contributed by atoms with Crippen LogP contribution < -0.4 is 14.5 Å². The predicted molar refractivity (Wildman–Crippen MR) is 122 cm³/mol.